The summed E-state index contributed by atoms with van der Waals surface area (Å²) in [7, 11) is -7.73. The molecule has 6 aliphatic carbocycles. The summed E-state index contributed by atoms with van der Waals surface area (Å²) in [4.78, 5) is 0.318. The Balaban J connectivity index is 1.11. The third-order valence-corrected chi connectivity index (χ3v) is 12.5. The van der Waals surface area contributed by atoms with Crippen molar-refractivity contribution in [2.75, 3.05) is 13.2 Å². The molecule has 8 rings (SSSR count). The van der Waals surface area contributed by atoms with Crippen LogP contribution in [0.15, 0.2) is 58.3 Å². The monoisotopic (exact) mass is 500 g/mol. The van der Waals surface area contributed by atoms with Crippen LogP contribution in [0, 0.1) is 73.0 Å². The lowest BCUT2D eigenvalue weighted by Crippen LogP contribution is -2.92. The van der Waals surface area contributed by atoms with Gasteiger partial charge in [0.15, 0.2) is 0 Å². The molecule has 4 unspecified atom stereocenters. The molecule has 0 heterocycles. The Kier molecular flexibility index (Phi) is 4.39. The summed E-state index contributed by atoms with van der Waals surface area (Å²) in [5.74, 6) is 5.33. The Morgan fingerprint density at radius 1 is 0.529 bits per heavy atom. The first-order chi connectivity index (χ1) is 16.2. The standard InChI is InChI=1S/C26H28O6S2/c1-13-3-7-15(8-4-13)33(27,28)31-11-17-18(12-32-34(29,30)16-9-5-14(2)6-10-16)20-23-21-19(17)22-24(20)26(23)25(21)22/h3-10,17-26H,11-12H2,1-2H3/t17-,18+,19?,20?,21-,22+,23+,24-,25?,26?. The van der Waals surface area contributed by atoms with E-state index >= 15 is 0 Å². The van der Waals surface area contributed by atoms with Crippen LogP contribution in [0.4, 0.5) is 0 Å². The van der Waals surface area contributed by atoms with Gasteiger partial charge < -0.3 is 0 Å². The third-order valence-electron chi connectivity index (χ3n) is 9.88. The van der Waals surface area contributed by atoms with Gasteiger partial charge in [0.2, 0.25) is 0 Å². The minimum absolute atomic E-state index is 0.0124. The van der Waals surface area contributed by atoms with Crippen molar-refractivity contribution >= 4 is 20.2 Å². The number of benzene rings is 2. The second-order valence-corrected chi connectivity index (χ2v) is 14.3. The van der Waals surface area contributed by atoms with Crippen molar-refractivity contribution in [3.63, 3.8) is 0 Å². The molecule has 2 aromatic carbocycles. The topological polar surface area (TPSA) is 86.7 Å². The number of hydrogen-bond donors (Lipinski definition) is 0. The molecule has 10 atom stereocenters. The average Bonchev–Trinajstić information content (AvgIpc) is 2.78. The van der Waals surface area contributed by atoms with E-state index < -0.39 is 20.2 Å². The van der Waals surface area contributed by atoms with Crippen LogP contribution in [0.25, 0.3) is 0 Å². The molecule has 34 heavy (non-hydrogen) atoms. The first kappa shape index (κ1) is 21.5. The lowest BCUT2D eigenvalue weighted by atomic mass is 9.09. The lowest BCUT2D eigenvalue weighted by Gasteiger charge is -2.95. The quantitative estimate of drug-likeness (QED) is 0.515. The maximum Gasteiger partial charge on any atom is 0.296 e. The van der Waals surface area contributed by atoms with Crippen molar-refractivity contribution in [3.05, 3.63) is 59.7 Å². The van der Waals surface area contributed by atoms with Gasteiger partial charge in [-0.3, -0.25) is 8.37 Å². The molecule has 8 heteroatoms. The number of hydrogen-bond acceptors (Lipinski definition) is 6. The van der Waals surface area contributed by atoms with Crippen molar-refractivity contribution in [2.24, 2.45) is 59.2 Å². The van der Waals surface area contributed by atoms with Gasteiger partial charge in [0.1, 0.15) is 0 Å². The first-order valence-corrected chi connectivity index (χ1v) is 14.9. The second-order valence-electron chi connectivity index (χ2n) is 11.0. The van der Waals surface area contributed by atoms with E-state index in [9.17, 15) is 16.8 Å². The largest absolute Gasteiger partial charge is 0.296 e. The molecule has 6 fully saturated rings. The second kappa shape index (κ2) is 6.93. The summed E-state index contributed by atoms with van der Waals surface area (Å²) >= 11 is 0. The van der Waals surface area contributed by atoms with Crippen LogP contribution in [-0.2, 0) is 28.6 Å². The predicted molar refractivity (Wildman–Crippen MR) is 124 cm³/mol. The lowest BCUT2D eigenvalue weighted by molar-refractivity contribution is -0.487. The normalized spacial score (nSPS) is 40.4. The fourth-order valence-electron chi connectivity index (χ4n) is 8.61. The first-order valence-electron chi connectivity index (χ1n) is 12.1. The van der Waals surface area contributed by atoms with Gasteiger partial charge in [0.25, 0.3) is 20.2 Å². The smallest absolute Gasteiger partial charge is 0.266 e. The van der Waals surface area contributed by atoms with Gasteiger partial charge in [0, 0.05) is 0 Å². The Labute approximate surface area is 200 Å². The molecule has 0 saturated heterocycles. The fourth-order valence-corrected chi connectivity index (χ4v) is 10.5. The molecule has 2 aromatic rings. The maximum absolute atomic E-state index is 12.8. The summed E-state index contributed by atoms with van der Waals surface area (Å²) in [5, 5.41) is 0. The summed E-state index contributed by atoms with van der Waals surface area (Å²) in [6.07, 6.45) is 0. The van der Waals surface area contributed by atoms with Gasteiger partial charge in [-0.05, 0) is 97.3 Å². The Hall–Kier alpha value is -1.74. The molecule has 2 bridgehead atoms. The van der Waals surface area contributed by atoms with Crippen molar-refractivity contribution in [3.8, 4) is 0 Å². The maximum atomic E-state index is 12.8. The van der Waals surface area contributed by atoms with Gasteiger partial charge in [-0.2, -0.15) is 16.8 Å². The van der Waals surface area contributed by atoms with Gasteiger partial charge in [0.05, 0.1) is 23.0 Å². The highest BCUT2D eigenvalue weighted by Gasteiger charge is 2.90. The van der Waals surface area contributed by atoms with Crippen LogP contribution in [0.3, 0.4) is 0 Å². The zero-order valence-corrected chi connectivity index (χ0v) is 20.7. The number of fused-ring (bicyclic) bond motifs is 1. The zero-order chi connectivity index (χ0) is 23.6. The number of rotatable bonds is 8. The molecule has 0 N–H and O–H groups in total. The van der Waals surface area contributed by atoms with Crippen LogP contribution < -0.4 is 0 Å². The summed E-state index contributed by atoms with van der Waals surface area (Å²) in [5.41, 5.74) is 1.97. The molecule has 0 spiro atoms. The minimum Gasteiger partial charge on any atom is -0.266 e. The molecule has 6 nitrogen and oxygen atoms in total. The Morgan fingerprint density at radius 2 is 0.824 bits per heavy atom. The molecular formula is C26H28O6S2. The summed E-state index contributed by atoms with van der Waals surface area (Å²) in [6, 6.07) is 13.3. The molecule has 0 radical (unpaired) electrons. The fraction of sp³-hybridized carbons (Fsp3) is 0.538. The van der Waals surface area contributed by atoms with Crippen molar-refractivity contribution in [2.45, 2.75) is 23.6 Å². The molecule has 0 aromatic heterocycles. The van der Waals surface area contributed by atoms with Crippen LogP contribution in [0.5, 0.6) is 0 Å². The highest BCUT2D eigenvalue weighted by atomic mass is 32.2. The van der Waals surface area contributed by atoms with E-state index in [0.29, 0.717) is 35.5 Å². The molecule has 6 saturated carbocycles. The SMILES string of the molecule is Cc1ccc(S(=O)(=O)OC[C@@H]2C3[C@H]4C5C6[C@H](C([C@H]64)[C@@H]2COS(=O)(=O)c2ccc(C)cc2)[C@@H]53)cc1. The Morgan fingerprint density at radius 3 is 1.15 bits per heavy atom. The minimum atomic E-state index is -3.87. The van der Waals surface area contributed by atoms with Crippen molar-refractivity contribution in [1.29, 1.82) is 0 Å². The van der Waals surface area contributed by atoms with Gasteiger partial charge in [-0.25, -0.2) is 0 Å². The summed E-state index contributed by atoms with van der Waals surface area (Å²) < 4.78 is 62.6. The molecule has 6 aliphatic rings. The third kappa shape index (κ3) is 2.68. The van der Waals surface area contributed by atoms with Crippen molar-refractivity contribution < 1.29 is 25.2 Å². The van der Waals surface area contributed by atoms with E-state index in [1.807, 2.05) is 13.8 Å². The predicted octanol–water partition coefficient (Wildman–Crippen LogP) is 3.64. The van der Waals surface area contributed by atoms with E-state index in [4.69, 9.17) is 8.37 Å². The van der Waals surface area contributed by atoms with E-state index in [1.165, 1.54) is 0 Å². The highest BCUT2D eigenvalue weighted by molar-refractivity contribution is 7.87. The molecule has 0 amide bonds. The van der Waals surface area contributed by atoms with Crippen LogP contribution in [0.2, 0.25) is 0 Å². The van der Waals surface area contributed by atoms with Gasteiger partial charge >= 0.3 is 0 Å². The molecular weight excluding hydrogens is 472 g/mol. The number of aryl methyl sites for hydroxylation is 2. The molecule has 0 aliphatic heterocycles. The van der Waals surface area contributed by atoms with Gasteiger partial charge in [-0.1, -0.05) is 35.4 Å². The Bertz CT molecular complexity index is 1240. The van der Waals surface area contributed by atoms with Crippen LogP contribution in [-0.4, -0.2) is 30.0 Å². The average molecular weight is 501 g/mol. The van der Waals surface area contributed by atoms with E-state index in [0.717, 1.165) is 23.0 Å². The highest BCUT2D eigenvalue weighted by Crippen LogP contribution is 2.93. The van der Waals surface area contributed by atoms with E-state index in [-0.39, 0.29) is 34.8 Å². The van der Waals surface area contributed by atoms with Gasteiger partial charge in [-0.15, -0.1) is 0 Å². The van der Waals surface area contributed by atoms with E-state index in [2.05, 4.69) is 0 Å². The van der Waals surface area contributed by atoms with Crippen LogP contribution >= 0.6 is 0 Å². The van der Waals surface area contributed by atoms with E-state index in [1.54, 1.807) is 48.5 Å². The molecule has 180 valence electrons. The zero-order valence-electron chi connectivity index (χ0n) is 19.1. The summed E-state index contributed by atoms with van der Waals surface area (Å²) in [6.45, 7) is 4.01. The van der Waals surface area contributed by atoms with Crippen molar-refractivity contribution in [1.82, 2.24) is 0 Å². The van der Waals surface area contributed by atoms with Crippen LogP contribution in [0.1, 0.15) is 11.1 Å².